The van der Waals surface area contributed by atoms with Crippen molar-refractivity contribution in [2.24, 2.45) is 11.7 Å². The zero-order chi connectivity index (χ0) is 10.8. The van der Waals surface area contributed by atoms with Gasteiger partial charge in [0, 0.05) is 17.3 Å². The smallest absolute Gasteiger partial charge is 0.103 e. The Morgan fingerprint density at radius 3 is 2.60 bits per heavy atom. The second kappa shape index (κ2) is 4.19. The maximum atomic E-state index is 5.53. The molecule has 0 amide bonds. The van der Waals surface area contributed by atoms with Gasteiger partial charge in [-0.05, 0) is 36.6 Å². The van der Waals surface area contributed by atoms with E-state index in [1.54, 1.807) is 0 Å². The molecule has 0 heterocycles. The van der Waals surface area contributed by atoms with Gasteiger partial charge < -0.3 is 11.1 Å². The van der Waals surface area contributed by atoms with Gasteiger partial charge in [0.2, 0.25) is 0 Å². The highest BCUT2D eigenvalue weighted by Gasteiger charge is 2.34. The summed E-state index contributed by atoms with van der Waals surface area (Å²) in [5.41, 5.74) is 7.62. The van der Waals surface area contributed by atoms with E-state index >= 15 is 0 Å². The molecule has 2 nitrogen and oxygen atoms in total. The minimum atomic E-state index is 0.458. The SMILES string of the molecule is CCC1CC1Nc1ccc(C(N)=S)cc1. The molecule has 80 valence electrons. The monoisotopic (exact) mass is 220 g/mol. The van der Waals surface area contributed by atoms with Crippen LogP contribution in [0.25, 0.3) is 0 Å². The van der Waals surface area contributed by atoms with E-state index in [4.69, 9.17) is 18.0 Å². The van der Waals surface area contributed by atoms with Crippen molar-refractivity contribution in [2.45, 2.75) is 25.8 Å². The first-order valence-electron chi connectivity index (χ1n) is 5.37. The van der Waals surface area contributed by atoms with Crippen molar-refractivity contribution in [3.8, 4) is 0 Å². The normalized spacial score (nSPS) is 23.5. The molecule has 2 rings (SSSR count). The van der Waals surface area contributed by atoms with Crippen LogP contribution in [-0.2, 0) is 0 Å². The van der Waals surface area contributed by atoms with E-state index in [9.17, 15) is 0 Å². The van der Waals surface area contributed by atoms with Crippen LogP contribution < -0.4 is 11.1 Å². The quantitative estimate of drug-likeness (QED) is 0.766. The van der Waals surface area contributed by atoms with Gasteiger partial charge in [-0.3, -0.25) is 0 Å². The molecule has 15 heavy (non-hydrogen) atoms. The van der Waals surface area contributed by atoms with Crippen LogP contribution in [-0.4, -0.2) is 11.0 Å². The Hall–Kier alpha value is -1.09. The number of nitrogens with two attached hydrogens (primary N) is 1. The Kier molecular flexibility index (Phi) is 2.91. The van der Waals surface area contributed by atoms with Crippen LogP contribution in [0.1, 0.15) is 25.3 Å². The second-order valence-corrected chi connectivity index (χ2v) is 4.54. The molecule has 3 heteroatoms. The Labute approximate surface area is 95.9 Å². The van der Waals surface area contributed by atoms with Crippen LogP contribution in [0.5, 0.6) is 0 Å². The second-order valence-electron chi connectivity index (χ2n) is 4.10. The van der Waals surface area contributed by atoms with Crippen LogP contribution in [0, 0.1) is 5.92 Å². The van der Waals surface area contributed by atoms with E-state index in [0.29, 0.717) is 11.0 Å². The van der Waals surface area contributed by atoms with Gasteiger partial charge in [0.05, 0.1) is 0 Å². The zero-order valence-electron chi connectivity index (χ0n) is 8.86. The molecule has 1 aliphatic rings. The minimum Gasteiger partial charge on any atom is -0.389 e. The van der Waals surface area contributed by atoms with Crippen molar-refractivity contribution in [3.63, 3.8) is 0 Å². The molecular weight excluding hydrogens is 204 g/mol. The van der Waals surface area contributed by atoms with Gasteiger partial charge in [-0.15, -0.1) is 0 Å². The summed E-state index contributed by atoms with van der Waals surface area (Å²) in [7, 11) is 0. The van der Waals surface area contributed by atoms with Gasteiger partial charge in [0.1, 0.15) is 4.99 Å². The first kappa shape index (κ1) is 10.4. The van der Waals surface area contributed by atoms with Gasteiger partial charge in [0.25, 0.3) is 0 Å². The number of hydrogen-bond acceptors (Lipinski definition) is 2. The van der Waals surface area contributed by atoms with Crippen LogP contribution >= 0.6 is 12.2 Å². The van der Waals surface area contributed by atoms with Gasteiger partial charge in [-0.2, -0.15) is 0 Å². The molecule has 0 bridgehead atoms. The minimum absolute atomic E-state index is 0.458. The topological polar surface area (TPSA) is 38.0 Å². The molecule has 0 aliphatic heterocycles. The number of nitrogens with one attached hydrogen (secondary N) is 1. The largest absolute Gasteiger partial charge is 0.389 e. The lowest BCUT2D eigenvalue weighted by Crippen LogP contribution is -2.09. The number of anilines is 1. The Morgan fingerprint density at radius 1 is 1.47 bits per heavy atom. The highest BCUT2D eigenvalue weighted by Crippen LogP contribution is 2.35. The van der Waals surface area contributed by atoms with E-state index in [1.807, 2.05) is 24.3 Å². The average molecular weight is 220 g/mol. The van der Waals surface area contributed by atoms with Gasteiger partial charge in [-0.25, -0.2) is 0 Å². The molecule has 1 fully saturated rings. The van der Waals surface area contributed by atoms with Crippen LogP contribution in [0.15, 0.2) is 24.3 Å². The van der Waals surface area contributed by atoms with Gasteiger partial charge >= 0.3 is 0 Å². The average Bonchev–Trinajstić information content (AvgIpc) is 2.97. The zero-order valence-corrected chi connectivity index (χ0v) is 9.68. The van der Waals surface area contributed by atoms with Crippen LogP contribution in [0.3, 0.4) is 0 Å². The first-order chi connectivity index (χ1) is 7.20. The van der Waals surface area contributed by atoms with Crippen molar-refractivity contribution < 1.29 is 0 Å². The molecule has 1 saturated carbocycles. The highest BCUT2D eigenvalue weighted by molar-refractivity contribution is 7.80. The maximum Gasteiger partial charge on any atom is 0.103 e. The number of thiocarbonyl (C=S) groups is 1. The highest BCUT2D eigenvalue weighted by atomic mass is 32.1. The summed E-state index contributed by atoms with van der Waals surface area (Å²) in [6.07, 6.45) is 2.57. The molecule has 0 aromatic heterocycles. The van der Waals surface area contributed by atoms with Crippen LogP contribution in [0.2, 0.25) is 0 Å². The predicted octanol–water partition coefficient (Wildman–Crippen LogP) is 2.53. The summed E-state index contributed by atoms with van der Waals surface area (Å²) in [6.45, 7) is 2.24. The summed E-state index contributed by atoms with van der Waals surface area (Å²) < 4.78 is 0. The maximum absolute atomic E-state index is 5.53. The molecule has 3 N–H and O–H groups in total. The van der Waals surface area contributed by atoms with Gasteiger partial charge in [-0.1, -0.05) is 25.6 Å². The molecule has 1 aliphatic carbocycles. The molecule has 2 unspecified atom stereocenters. The van der Waals surface area contributed by atoms with Crippen molar-refractivity contribution in [1.82, 2.24) is 0 Å². The fourth-order valence-corrected chi connectivity index (χ4v) is 1.96. The van der Waals surface area contributed by atoms with Crippen molar-refractivity contribution in [2.75, 3.05) is 5.32 Å². The third-order valence-electron chi connectivity index (χ3n) is 2.97. The first-order valence-corrected chi connectivity index (χ1v) is 5.78. The summed E-state index contributed by atoms with van der Waals surface area (Å²) in [6, 6.07) is 8.69. The fourth-order valence-electron chi connectivity index (χ4n) is 1.82. The number of rotatable bonds is 4. The lowest BCUT2D eigenvalue weighted by Gasteiger charge is -2.06. The van der Waals surface area contributed by atoms with E-state index in [0.717, 1.165) is 17.2 Å². The van der Waals surface area contributed by atoms with Crippen molar-refractivity contribution in [1.29, 1.82) is 0 Å². The molecule has 1 aromatic rings. The molecular formula is C12H16N2S. The van der Waals surface area contributed by atoms with E-state index in [1.165, 1.54) is 12.8 Å². The standard InChI is InChI=1S/C12H16N2S/c1-2-8-7-11(8)14-10-5-3-9(4-6-10)12(13)15/h3-6,8,11,14H,2,7H2,1H3,(H2,13,15). The summed E-state index contributed by atoms with van der Waals surface area (Å²) >= 11 is 4.90. The molecule has 0 saturated heterocycles. The lowest BCUT2D eigenvalue weighted by molar-refractivity contribution is 0.775. The summed E-state index contributed by atoms with van der Waals surface area (Å²) in [5.74, 6) is 0.861. The lowest BCUT2D eigenvalue weighted by atomic mass is 10.2. The van der Waals surface area contributed by atoms with Crippen LogP contribution in [0.4, 0.5) is 5.69 Å². The predicted molar refractivity (Wildman–Crippen MR) is 68.1 cm³/mol. The Bertz CT molecular complexity index is 358. The molecule has 2 atom stereocenters. The Balaban J connectivity index is 1.96. The van der Waals surface area contributed by atoms with E-state index in [2.05, 4.69) is 12.2 Å². The van der Waals surface area contributed by atoms with Crippen molar-refractivity contribution in [3.05, 3.63) is 29.8 Å². The third kappa shape index (κ3) is 2.48. The molecule has 0 spiro atoms. The van der Waals surface area contributed by atoms with Gasteiger partial charge in [0.15, 0.2) is 0 Å². The molecule has 0 radical (unpaired) electrons. The van der Waals surface area contributed by atoms with E-state index < -0.39 is 0 Å². The third-order valence-corrected chi connectivity index (χ3v) is 3.20. The summed E-state index contributed by atoms with van der Waals surface area (Å²) in [5, 5.41) is 3.50. The fraction of sp³-hybridized carbons (Fsp3) is 0.417. The number of benzene rings is 1. The number of hydrogen-bond donors (Lipinski definition) is 2. The van der Waals surface area contributed by atoms with Crippen molar-refractivity contribution >= 4 is 22.9 Å². The summed E-state index contributed by atoms with van der Waals surface area (Å²) in [4.78, 5) is 0.458. The van der Waals surface area contributed by atoms with E-state index in [-0.39, 0.29) is 0 Å². The molecule has 1 aromatic carbocycles. The Morgan fingerprint density at radius 2 is 2.13 bits per heavy atom.